The number of nitrogens with one attached hydrogen (secondary N) is 1. The Morgan fingerprint density at radius 3 is 2.81 bits per heavy atom. The maximum Gasteiger partial charge on any atom is 0.265 e. The number of aromatic nitrogens is 2. The first-order valence-corrected chi connectivity index (χ1v) is 11.5. The Labute approximate surface area is 190 Å². The molecule has 0 spiro atoms. The molecule has 0 bridgehead atoms. The summed E-state index contributed by atoms with van der Waals surface area (Å²) >= 11 is 1.37. The van der Waals surface area contributed by atoms with Crippen molar-refractivity contribution >= 4 is 23.2 Å². The molecule has 1 aliphatic rings. The average Bonchev–Trinajstić information content (AvgIpc) is 3.22. The van der Waals surface area contributed by atoms with Crippen LogP contribution in [-0.4, -0.2) is 46.3 Å². The van der Waals surface area contributed by atoms with E-state index in [1.807, 2.05) is 19.1 Å². The van der Waals surface area contributed by atoms with Gasteiger partial charge in [0, 0.05) is 37.6 Å². The Hall–Kier alpha value is -3.13. The van der Waals surface area contributed by atoms with Gasteiger partial charge in [-0.1, -0.05) is 12.1 Å². The van der Waals surface area contributed by atoms with Crippen LogP contribution in [0, 0.1) is 18.7 Å². The standard InChI is InChI=1S/C24H25FN4O2S/c1-16-21(32-23(28-16)18-4-2-11-26-14-18)24(31)29-13-3-5-19(15-29)22(30)27-12-10-17-6-8-20(25)9-7-17/h2,4,6-9,11,14,19H,3,5,10,12-13,15H2,1H3,(H,27,30). The molecule has 166 valence electrons. The summed E-state index contributed by atoms with van der Waals surface area (Å²) in [5.74, 6) is -0.610. The van der Waals surface area contributed by atoms with Crippen LogP contribution < -0.4 is 5.32 Å². The van der Waals surface area contributed by atoms with Gasteiger partial charge in [0.2, 0.25) is 5.91 Å². The van der Waals surface area contributed by atoms with Crippen molar-refractivity contribution in [2.75, 3.05) is 19.6 Å². The van der Waals surface area contributed by atoms with Gasteiger partial charge in [0.15, 0.2) is 0 Å². The van der Waals surface area contributed by atoms with Gasteiger partial charge in [-0.2, -0.15) is 0 Å². The van der Waals surface area contributed by atoms with Gasteiger partial charge in [0.1, 0.15) is 15.7 Å². The number of nitrogens with zero attached hydrogens (tertiary/aromatic N) is 3. The number of hydrogen-bond donors (Lipinski definition) is 1. The third-order valence-corrected chi connectivity index (χ3v) is 6.80. The minimum absolute atomic E-state index is 0.0401. The van der Waals surface area contributed by atoms with E-state index in [-0.39, 0.29) is 23.5 Å². The largest absolute Gasteiger partial charge is 0.355 e. The van der Waals surface area contributed by atoms with Crippen LogP contribution in [0.5, 0.6) is 0 Å². The first kappa shape index (κ1) is 22.1. The second kappa shape index (κ2) is 9.99. The monoisotopic (exact) mass is 452 g/mol. The third-order valence-electron chi connectivity index (χ3n) is 5.60. The maximum atomic E-state index is 13.2. The summed E-state index contributed by atoms with van der Waals surface area (Å²) < 4.78 is 13.0. The SMILES string of the molecule is Cc1nc(-c2cccnc2)sc1C(=O)N1CCCC(C(=O)NCCc2ccc(F)cc2)C1. The molecule has 0 saturated carbocycles. The number of likely N-dealkylation sites (tertiary alicyclic amines) is 1. The number of carbonyl (C=O) groups is 2. The van der Waals surface area contributed by atoms with Crippen molar-refractivity contribution in [2.45, 2.75) is 26.2 Å². The summed E-state index contributed by atoms with van der Waals surface area (Å²) in [6, 6.07) is 10.1. The van der Waals surface area contributed by atoms with Crippen LogP contribution in [0.3, 0.4) is 0 Å². The van der Waals surface area contributed by atoms with Gasteiger partial charge in [-0.05, 0) is 56.0 Å². The number of pyridine rings is 1. The molecule has 1 N–H and O–H groups in total. The molecule has 2 amide bonds. The van der Waals surface area contributed by atoms with E-state index in [1.54, 1.807) is 29.4 Å². The molecule has 1 atom stereocenters. The minimum Gasteiger partial charge on any atom is -0.355 e. The molecule has 1 unspecified atom stereocenters. The van der Waals surface area contributed by atoms with Gasteiger partial charge in [0.25, 0.3) is 5.91 Å². The summed E-state index contributed by atoms with van der Waals surface area (Å²) in [6.07, 6.45) is 5.62. The molecule has 0 radical (unpaired) electrons. The third kappa shape index (κ3) is 5.19. The zero-order valence-corrected chi connectivity index (χ0v) is 18.7. The molecule has 32 heavy (non-hydrogen) atoms. The van der Waals surface area contributed by atoms with Crippen LogP contribution in [0.4, 0.5) is 4.39 Å². The highest BCUT2D eigenvalue weighted by molar-refractivity contribution is 7.17. The Kier molecular flexibility index (Phi) is 6.90. The zero-order chi connectivity index (χ0) is 22.5. The Morgan fingerprint density at radius 2 is 2.06 bits per heavy atom. The molecule has 3 aromatic rings. The number of rotatable bonds is 6. The van der Waals surface area contributed by atoms with E-state index in [0.29, 0.717) is 36.6 Å². The average molecular weight is 453 g/mol. The van der Waals surface area contributed by atoms with Crippen molar-refractivity contribution in [3.05, 3.63) is 70.7 Å². The van der Waals surface area contributed by atoms with Gasteiger partial charge in [-0.25, -0.2) is 9.37 Å². The van der Waals surface area contributed by atoms with Crippen molar-refractivity contribution in [3.8, 4) is 10.6 Å². The van der Waals surface area contributed by atoms with Crippen LogP contribution in [0.2, 0.25) is 0 Å². The molecule has 2 aromatic heterocycles. The summed E-state index contributed by atoms with van der Waals surface area (Å²) in [5.41, 5.74) is 2.55. The summed E-state index contributed by atoms with van der Waals surface area (Å²) in [6.45, 7) is 3.36. The quantitative estimate of drug-likeness (QED) is 0.616. The lowest BCUT2D eigenvalue weighted by Crippen LogP contribution is -2.45. The van der Waals surface area contributed by atoms with Gasteiger partial charge in [-0.15, -0.1) is 11.3 Å². The van der Waals surface area contributed by atoms with E-state index in [2.05, 4.69) is 15.3 Å². The van der Waals surface area contributed by atoms with E-state index in [0.717, 1.165) is 29.0 Å². The predicted octanol–water partition coefficient (Wildman–Crippen LogP) is 3.86. The van der Waals surface area contributed by atoms with Gasteiger partial charge in [-0.3, -0.25) is 14.6 Å². The van der Waals surface area contributed by atoms with E-state index in [4.69, 9.17) is 0 Å². The lowest BCUT2D eigenvalue weighted by atomic mass is 9.96. The fourth-order valence-corrected chi connectivity index (χ4v) is 4.88. The van der Waals surface area contributed by atoms with Crippen molar-refractivity contribution in [3.63, 3.8) is 0 Å². The maximum absolute atomic E-state index is 13.2. The summed E-state index contributed by atoms with van der Waals surface area (Å²) in [7, 11) is 0. The number of benzene rings is 1. The minimum atomic E-state index is -0.270. The van der Waals surface area contributed by atoms with E-state index in [1.165, 1.54) is 23.5 Å². The van der Waals surface area contributed by atoms with Gasteiger partial charge >= 0.3 is 0 Å². The smallest absolute Gasteiger partial charge is 0.265 e. The molecular formula is C24H25FN4O2S. The zero-order valence-electron chi connectivity index (χ0n) is 17.9. The number of carbonyl (C=O) groups excluding carboxylic acids is 2. The van der Waals surface area contributed by atoms with Crippen LogP contribution in [0.25, 0.3) is 10.6 Å². The fourth-order valence-electron chi connectivity index (χ4n) is 3.85. The normalized spacial score (nSPS) is 16.1. The number of aryl methyl sites for hydroxylation is 1. The van der Waals surface area contributed by atoms with Crippen molar-refractivity contribution in [1.82, 2.24) is 20.2 Å². The van der Waals surface area contributed by atoms with Crippen LogP contribution >= 0.6 is 11.3 Å². The molecule has 3 heterocycles. The topological polar surface area (TPSA) is 75.2 Å². The Morgan fingerprint density at radius 1 is 1.25 bits per heavy atom. The van der Waals surface area contributed by atoms with Crippen LogP contribution in [0.15, 0.2) is 48.8 Å². The molecule has 1 aliphatic heterocycles. The van der Waals surface area contributed by atoms with Crippen molar-refractivity contribution in [1.29, 1.82) is 0 Å². The van der Waals surface area contributed by atoms with Gasteiger partial charge < -0.3 is 10.2 Å². The van der Waals surface area contributed by atoms with E-state index in [9.17, 15) is 14.0 Å². The van der Waals surface area contributed by atoms with E-state index >= 15 is 0 Å². The van der Waals surface area contributed by atoms with Crippen molar-refractivity contribution < 1.29 is 14.0 Å². The highest BCUT2D eigenvalue weighted by Gasteiger charge is 2.30. The molecule has 1 aromatic carbocycles. The van der Waals surface area contributed by atoms with Crippen molar-refractivity contribution in [2.24, 2.45) is 5.92 Å². The second-order valence-corrected chi connectivity index (χ2v) is 8.93. The molecule has 0 aliphatic carbocycles. The molecule has 4 rings (SSSR count). The van der Waals surface area contributed by atoms with Crippen LogP contribution in [-0.2, 0) is 11.2 Å². The second-order valence-electron chi connectivity index (χ2n) is 7.93. The molecule has 1 fully saturated rings. The number of amides is 2. The predicted molar refractivity (Wildman–Crippen MR) is 122 cm³/mol. The first-order chi connectivity index (χ1) is 15.5. The number of halogens is 1. The van der Waals surface area contributed by atoms with E-state index < -0.39 is 0 Å². The highest BCUT2D eigenvalue weighted by atomic mass is 32.1. The molecule has 6 nitrogen and oxygen atoms in total. The Bertz CT molecular complexity index is 1090. The molecule has 1 saturated heterocycles. The first-order valence-electron chi connectivity index (χ1n) is 10.7. The molecule has 8 heteroatoms. The summed E-state index contributed by atoms with van der Waals surface area (Å²) in [4.78, 5) is 36.9. The van der Waals surface area contributed by atoms with Crippen LogP contribution in [0.1, 0.15) is 33.8 Å². The lowest BCUT2D eigenvalue weighted by Gasteiger charge is -2.31. The molecular weight excluding hydrogens is 427 g/mol. The lowest BCUT2D eigenvalue weighted by molar-refractivity contribution is -0.126. The number of piperidine rings is 1. The Balaban J connectivity index is 1.35. The van der Waals surface area contributed by atoms with Gasteiger partial charge in [0.05, 0.1) is 11.6 Å². The number of hydrogen-bond acceptors (Lipinski definition) is 5. The highest BCUT2D eigenvalue weighted by Crippen LogP contribution is 2.29. The summed E-state index contributed by atoms with van der Waals surface area (Å²) in [5, 5.41) is 3.73. The fraction of sp³-hybridized carbons (Fsp3) is 0.333. The number of thiazole rings is 1.